The van der Waals surface area contributed by atoms with Crippen molar-refractivity contribution in [2.45, 2.75) is 44.9 Å². The van der Waals surface area contributed by atoms with E-state index in [1.165, 1.54) is 44.9 Å². The molecule has 1 amide bonds. The zero-order chi connectivity index (χ0) is 13.5. The van der Waals surface area contributed by atoms with Gasteiger partial charge in [0.05, 0.1) is 0 Å². The summed E-state index contributed by atoms with van der Waals surface area (Å²) in [5.74, 6) is 0.639. The summed E-state index contributed by atoms with van der Waals surface area (Å²) in [7, 11) is 0. The summed E-state index contributed by atoms with van der Waals surface area (Å²) < 4.78 is 0. The minimum atomic E-state index is -0.00522. The molecule has 3 nitrogen and oxygen atoms in total. The molecule has 0 unspecified atom stereocenters. The number of carbonyl (C=O) groups is 1. The van der Waals surface area contributed by atoms with E-state index in [-0.39, 0.29) is 18.3 Å². The molecule has 1 aliphatic rings. The number of carbonyl (C=O) groups excluding carboxylic acids is 1. The molecule has 2 rings (SSSR count). The van der Waals surface area contributed by atoms with Crippen molar-refractivity contribution in [2.24, 2.45) is 5.92 Å². The molecule has 3 N–H and O–H groups in total. The van der Waals surface area contributed by atoms with Gasteiger partial charge in [-0.05, 0) is 37.0 Å². The number of nitrogens with one attached hydrogen (secondary N) is 1. The summed E-state index contributed by atoms with van der Waals surface area (Å²) >= 11 is 0. The lowest BCUT2D eigenvalue weighted by Gasteiger charge is -2.20. The van der Waals surface area contributed by atoms with Gasteiger partial charge >= 0.3 is 0 Å². The van der Waals surface area contributed by atoms with E-state index in [4.69, 9.17) is 5.73 Å². The first-order valence-electron chi connectivity index (χ1n) is 7.39. The van der Waals surface area contributed by atoms with Crippen LogP contribution in [0.3, 0.4) is 0 Å². The van der Waals surface area contributed by atoms with Crippen LogP contribution in [0.15, 0.2) is 24.3 Å². The smallest absolute Gasteiger partial charge is 0.251 e. The Kier molecular flexibility index (Phi) is 7.45. The van der Waals surface area contributed by atoms with E-state index < -0.39 is 0 Å². The van der Waals surface area contributed by atoms with Gasteiger partial charge in [-0.2, -0.15) is 0 Å². The van der Waals surface area contributed by atoms with Gasteiger partial charge in [-0.3, -0.25) is 4.79 Å². The van der Waals surface area contributed by atoms with Gasteiger partial charge in [0.15, 0.2) is 0 Å². The Morgan fingerprint density at radius 1 is 1.15 bits per heavy atom. The number of nitrogens with two attached hydrogens (primary N) is 1. The average molecular weight is 297 g/mol. The molecule has 1 aromatic rings. The van der Waals surface area contributed by atoms with Crippen LogP contribution in [0.2, 0.25) is 0 Å². The zero-order valence-corrected chi connectivity index (χ0v) is 12.8. The van der Waals surface area contributed by atoms with Gasteiger partial charge in [-0.25, -0.2) is 0 Å². The SMILES string of the molecule is Cl.Nc1cccc(C(=O)NCC2CCCCCCC2)c1. The molecule has 4 heteroatoms. The Hall–Kier alpha value is -1.22. The highest BCUT2D eigenvalue weighted by Gasteiger charge is 2.13. The number of hydrogen-bond acceptors (Lipinski definition) is 2. The summed E-state index contributed by atoms with van der Waals surface area (Å²) in [6.45, 7) is 0.799. The molecule has 0 heterocycles. The number of halogens is 1. The van der Waals surface area contributed by atoms with Crippen molar-refractivity contribution < 1.29 is 4.79 Å². The number of nitrogen functional groups attached to an aromatic ring is 1. The van der Waals surface area contributed by atoms with Crippen LogP contribution >= 0.6 is 12.4 Å². The van der Waals surface area contributed by atoms with Crippen LogP contribution in [0.4, 0.5) is 5.69 Å². The number of benzene rings is 1. The molecular weight excluding hydrogens is 272 g/mol. The fraction of sp³-hybridized carbons (Fsp3) is 0.562. The number of hydrogen-bond donors (Lipinski definition) is 2. The third kappa shape index (κ3) is 5.41. The molecule has 0 saturated heterocycles. The van der Waals surface area contributed by atoms with E-state index in [1.54, 1.807) is 12.1 Å². The predicted octanol–water partition coefficient (Wildman–Crippen LogP) is 3.78. The lowest BCUT2D eigenvalue weighted by Crippen LogP contribution is -2.29. The zero-order valence-electron chi connectivity index (χ0n) is 11.9. The Labute approximate surface area is 127 Å². The first-order chi connectivity index (χ1) is 9.25. The first-order valence-corrected chi connectivity index (χ1v) is 7.39. The molecule has 1 saturated carbocycles. The Bertz CT molecular complexity index is 415. The minimum absolute atomic E-state index is 0. The van der Waals surface area contributed by atoms with Crippen LogP contribution in [0, 0.1) is 5.92 Å². The second kappa shape index (κ2) is 8.85. The maximum atomic E-state index is 12.0. The highest BCUT2D eigenvalue weighted by Crippen LogP contribution is 2.21. The van der Waals surface area contributed by atoms with Gasteiger partial charge in [0.2, 0.25) is 0 Å². The molecule has 1 aliphatic carbocycles. The fourth-order valence-corrected chi connectivity index (χ4v) is 2.76. The molecule has 0 aromatic heterocycles. The van der Waals surface area contributed by atoms with Crippen LogP contribution < -0.4 is 11.1 Å². The van der Waals surface area contributed by atoms with Crippen molar-refractivity contribution >= 4 is 24.0 Å². The lowest BCUT2D eigenvalue weighted by molar-refractivity contribution is 0.0944. The van der Waals surface area contributed by atoms with Crippen molar-refractivity contribution in [3.63, 3.8) is 0 Å². The van der Waals surface area contributed by atoms with Crippen molar-refractivity contribution in [1.82, 2.24) is 5.32 Å². The van der Waals surface area contributed by atoms with Crippen molar-refractivity contribution in [3.8, 4) is 0 Å². The third-order valence-corrected chi connectivity index (χ3v) is 3.92. The first kappa shape index (κ1) is 16.8. The van der Waals surface area contributed by atoms with Crippen LogP contribution in [0.5, 0.6) is 0 Å². The number of rotatable bonds is 3. The molecule has 20 heavy (non-hydrogen) atoms. The van der Waals surface area contributed by atoms with E-state index >= 15 is 0 Å². The second-order valence-corrected chi connectivity index (χ2v) is 5.55. The van der Waals surface area contributed by atoms with E-state index in [0.717, 1.165) is 6.54 Å². The van der Waals surface area contributed by atoms with Gasteiger partial charge in [-0.1, -0.05) is 38.2 Å². The molecule has 1 fully saturated rings. The van der Waals surface area contributed by atoms with Crippen molar-refractivity contribution in [3.05, 3.63) is 29.8 Å². The van der Waals surface area contributed by atoms with Crippen molar-refractivity contribution in [1.29, 1.82) is 0 Å². The normalized spacial score (nSPS) is 16.6. The average Bonchev–Trinajstić information content (AvgIpc) is 2.37. The molecule has 0 spiro atoms. The van der Waals surface area contributed by atoms with Gasteiger partial charge in [-0.15, -0.1) is 12.4 Å². The molecule has 0 aliphatic heterocycles. The quantitative estimate of drug-likeness (QED) is 0.834. The van der Waals surface area contributed by atoms with Gasteiger partial charge in [0, 0.05) is 17.8 Å². The topological polar surface area (TPSA) is 55.1 Å². The summed E-state index contributed by atoms with van der Waals surface area (Å²) in [5.41, 5.74) is 6.99. The van der Waals surface area contributed by atoms with E-state index in [1.807, 2.05) is 12.1 Å². The van der Waals surface area contributed by atoms with Crippen molar-refractivity contribution in [2.75, 3.05) is 12.3 Å². The lowest BCUT2D eigenvalue weighted by atomic mass is 9.91. The second-order valence-electron chi connectivity index (χ2n) is 5.55. The van der Waals surface area contributed by atoms with Crippen LogP contribution in [-0.4, -0.2) is 12.5 Å². The minimum Gasteiger partial charge on any atom is -0.399 e. The Morgan fingerprint density at radius 2 is 1.80 bits per heavy atom. The Balaban J connectivity index is 0.00000200. The molecular formula is C16H25ClN2O. The summed E-state index contributed by atoms with van der Waals surface area (Å²) in [5, 5.41) is 3.05. The number of amides is 1. The van der Waals surface area contributed by atoms with Gasteiger partial charge in [0.1, 0.15) is 0 Å². The molecule has 0 atom stereocenters. The monoisotopic (exact) mass is 296 g/mol. The highest BCUT2D eigenvalue weighted by molar-refractivity contribution is 5.94. The molecule has 0 bridgehead atoms. The molecule has 1 aromatic carbocycles. The fourth-order valence-electron chi connectivity index (χ4n) is 2.76. The van der Waals surface area contributed by atoms with E-state index in [9.17, 15) is 4.79 Å². The number of anilines is 1. The van der Waals surface area contributed by atoms with Gasteiger partial charge < -0.3 is 11.1 Å². The van der Waals surface area contributed by atoms with Crippen LogP contribution in [0.25, 0.3) is 0 Å². The Morgan fingerprint density at radius 3 is 2.45 bits per heavy atom. The summed E-state index contributed by atoms with van der Waals surface area (Å²) in [6.07, 6.45) is 9.17. The highest BCUT2D eigenvalue weighted by atomic mass is 35.5. The van der Waals surface area contributed by atoms with Crippen LogP contribution in [0.1, 0.15) is 55.3 Å². The van der Waals surface area contributed by atoms with E-state index in [2.05, 4.69) is 5.32 Å². The standard InChI is InChI=1S/C16H24N2O.ClH/c17-15-10-6-9-14(11-15)16(19)18-12-13-7-4-2-1-3-5-8-13;/h6,9-11,13H,1-5,7-8,12,17H2,(H,18,19);1H. The largest absolute Gasteiger partial charge is 0.399 e. The summed E-state index contributed by atoms with van der Waals surface area (Å²) in [4.78, 5) is 12.0. The molecule has 0 radical (unpaired) electrons. The van der Waals surface area contributed by atoms with Crippen LogP contribution in [-0.2, 0) is 0 Å². The summed E-state index contributed by atoms with van der Waals surface area (Å²) in [6, 6.07) is 7.16. The third-order valence-electron chi connectivity index (χ3n) is 3.92. The predicted molar refractivity (Wildman–Crippen MR) is 86.2 cm³/mol. The van der Waals surface area contributed by atoms with E-state index in [0.29, 0.717) is 17.2 Å². The maximum Gasteiger partial charge on any atom is 0.251 e. The maximum absolute atomic E-state index is 12.0. The molecule has 112 valence electrons. The van der Waals surface area contributed by atoms with Gasteiger partial charge in [0.25, 0.3) is 5.91 Å².